The number of aliphatic hydroxyl groups is 10. The predicted molar refractivity (Wildman–Crippen MR) is 199 cm³/mol. The molecule has 28 heteroatoms. The first-order valence-corrected chi connectivity index (χ1v) is 16.2. The van der Waals surface area contributed by atoms with E-state index in [0.717, 1.165) is 9.13 Å². The molecule has 56 heavy (non-hydrogen) atoms. The third-order valence-electron chi connectivity index (χ3n) is 8.34. The average Bonchev–Trinajstić information content (AvgIpc) is 3.96. The van der Waals surface area contributed by atoms with Crippen molar-refractivity contribution in [2.24, 2.45) is 4.52 Å². The summed E-state index contributed by atoms with van der Waals surface area (Å²) in [4.78, 5) is 42.7. The number of imidazole rings is 2. The van der Waals surface area contributed by atoms with Crippen molar-refractivity contribution < 1.29 is 91.7 Å². The minimum atomic E-state index is -1.50. The third-order valence-corrected chi connectivity index (χ3v) is 8.34. The summed E-state index contributed by atoms with van der Waals surface area (Å²) in [5.41, 5.74) is -0.767. The molecule has 4 aliphatic heterocycles. The number of hydrogen-bond acceptors (Lipinski definition) is 21. The molecule has 8 heterocycles. The number of nitrogens with one attached hydrogen (secondary N) is 3. The van der Waals surface area contributed by atoms with Crippen LogP contribution in [-0.2, 0) is 9.47 Å². The van der Waals surface area contributed by atoms with E-state index in [1.165, 1.54) is 17.2 Å². The maximum Gasteiger partial charge on any atom is 0.285 e. The molecule has 25 nitrogen and oxygen atoms in total. The summed E-state index contributed by atoms with van der Waals surface area (Å²) in [5, 5.41) is 99.0. The van der Waals surface area contributed by atoms with E-state index in [-0.39, 0.29) is 100 Å². The van der Waals surface area contributed by atoms with Gasteiger partial charge in [-0.25, -0.2) is 19.1 Å². The molecule has 8 rings (SSSR count). The van der Waals surface area contributed by atoms with Crippen molar-refractivity contribution in [3.8, 4) is 0 Å². The van der Waals surface area contributed by atoms with E-state index >= 15 is 0 Å². The molecule has 4 aromatic heterocycles. The number of hydrogen-bond donors (Lipinski definition) is 13. The third kappa shape index (κ3) is 9.64. The van der Waals surface area contributed by atoms with Crippen molar-refractivity contribution in [3.05, 3.63) is 33.4 Å². The Morgan fingerprint density at radius 2 is 1.30 bits per heavy atom. The number of fused-ring (bicyclic) bond motifs is 4. The molecular formula is C28H49N11O14P2U. The minimum absolute atomic E-state index is 0. The molecule has 4 aliphatic rings. The zero-order valence-electron chi connectivity index (χ0n) is 27.3. The minimum Gasteiger partial charge on any atom is -0.394 e. The number of H-pyrrole nitrogens is 1. The van der Waals surface area contributed by atoms with Gasteiger partial charge in [0.1, 0.15) is 36.6 Å². The van der Waals surface area contributed by atoms with Gasteiger partial charge in [0, 0.05) is 31.1 Å². The Bertz CT molecular complexity index is 2010. The zero-order chi connectivity index (χ0) is 38.2. The standard InChI is InChI=1S/C12H15N5O7.C7H7N5O3.C6H12O4.3CH4.H3NP2.U/c18-1-3-5(19)6(20)11(24-3)16-2-13-4-7(16)14-12-15-8(21)10(23)17(12)9(4)22;13-4-6(15)12-5(14)2-3(9-1-8-2)10-7(12)11-4;1-3-5(8)6(9)4(2-7)10-3;;;;2-1-3;/h2-3,5-6,8,10-11,18-21,23H,1H2,(H,14,15);1,4,6,13,15H,(H,8,9)(H,10,11);3-9H,2H2,1H3;3*1H4;2H,3H2;/t3-,5?,6+,8?,10?,11-;;3-,4-,5-,6?;;;;;/m1.1...../s1. The summed E-state index contributed by atoms with van der Waals surface area (Å²) in [6.07, 6.45) is -10.5. The molecule has 13 N–H and O–H groups in total. The Morgan fingerprint density at radius 1 is 0.804 bits per heavy atom. The van der Waals surface area contributed by atoms with E-state index in [2.05, 4.69) is 58.5 Å². The summed E-state index contributed by atoms with van der Waals surface area (Å²) >= 11 is 0. The molecule has 2 saturated heterocycles. The van der Waals surface area contributed by atoms with E-state index in [9.17, 15) is 40.2 Å². The van der Waals surface area contributed by atoms with Crippen LogP contribution < -0.4 is 21.8 Å². The summed E-state index contributed by atoms with van der Waals surface area (Å²) in [6.45, 7) is 0.916. The number of rotatable bonds is 3. The van der Waals surface area contributed by atoms with Crippen molar-refractivity contribution in [1.29, 1.82) is 0 Å². The van der Waals surface area contributed by atoms with E-state index in [1.54, 1.807) is 6.92 Å². The summed E-state index contributed by atoms with van der Waals surface area (Å²) in [7, 11) is 4.89. The van der Waals surface area contributed by atoms with E-state index in [1.807, 2.05) is 0 Å². The zero-order valence-corrected chi connectivity index (χ0v) is 33.6. The van der Waals surface area contributed by atoms with E-state index < -0.39 is 85.5 Å². The number of nitrogens with zero attached hydrogens (tertiary/aromatic N) is 8. The number of aromatic amines is 1. The Balaban J connectivity index is 0.000000424. The average molecular weight is 1060 g/mol. The second-order valence-electron chi connectivity index (χ2n) is 11.6. The quantitative estimate of drug-likeness (QED) is 0.0878. The molecular weight excluding hydrogens is 1010 g/mol. The van der Waals surface area contributed by atoms with Gasteiger partial charge in [-0.3, -0.25) is 18.7 Å². The Kier molecular flexibility index (Phi) is 19.7. The van der Waals surface area contributed by atoms with Crippen molar-refractivity contribution in [1.82, 2.24) is 38.6 Å². The van der Waals surface area contributed by atoms with Crippen molar-refractivity contribution in [2.75, 3.05) is 23.8 Å². The molecule has 7 unspecified atom stereocenters. The van der Waals surface area contributed by atoms with Gasteiger partial charge in [-0.05, 0) is 25.3 Å². The normalized spacial score (nSPS) is 30.4. The number of aromatic nitrogens is 8. The summed E-state index contributed by atoms with van der Waals surface area (Å²) in [5.74, 6) is 0.0422. The van der Waals surface area contributed by atoms with Crippen molar-refractivity contribution >= 4 is 52.6 Å². The maximum absolute atomic E-state index is 12.4. The largest absolute Gasteiger partial charge is 0.394 e. The molecule has 2 fully saturated rings. The smallest absolute Gasteiger partial charge is 0.285 e. The Morgan fingerprint density at radius 3 is 1.79 bits per heavy atom. The fourth-order valence-corrected chi connectivity index (χ4v) is 5.65. The number of anilines is 2. The second kappa shape index (κ2) is 21.4. The first-order chi connectivity index (χ1) is 24.7. The fourth-order valence-electron chi connectivity index (χ4n) is 5.65. The maximum atomic E-state index is 12.4. The van der Waals surface area contributed by atoms with Crippen LogP contribution in [0.5, 0.6) is 0 Å². The van der Waals surface area contributed by atoms with E-state index in [0.29, 0.717) is 0 Å². The monoisotopic (exact) mass is 1060 g/mol. The molecule has 13 atom stereocenters. The Labute approximate surface area is 346 Å². The van der Waals surface area contributed by atoms with Crippen LogP contribution in [-0.4, -0.2) is 158 Å². The van der Waals surface area contributed by atoms with Gasteiger partial charge in [0.2, 0.25) is 11.9 Å². The fraction of sp³-hybridized carbons (Fsp3) is 0.643. The summed E-state index contributed by atoms with van der Waals surface area (Å²) in [6, 6.07) is 0. The Hall–Kier alpha value is -2.60. The molecule has 0 bridgehead atoms. The predicted octanol–water partition coefficient (Wildman–Crippen LogP) is -3.71. The van der Waals surface area contributed by atoms with Crippen LogP contribution >= 0.6 is 18.4 Å². The van der Waals surface area contributed by atoms with Crippen LogP contribution in [0.25, 0.3) is 22.3 Å². The molecule has 0 saturated carbocycles. The van der Waals surface area contributed by atoms with Gasteiger partial charge < -0.3 is 76.2 Å². The molecule has 0 radical (unpaired) electrons. The molecule has 0 aromatic carbocycles. The first kappa shape index (κ1) is 51.4. The molecule has 0 aliphatic carbocycles. The second-order valence-corrected chi connectivity index (χ2v) is 12.6. The van der Waals surface area contributed by atoms with Crippen LogP contribution in [0.4, 0.5) is 11.9 Å². The van der Waals surface area contributed by atoms with Gasteiger partial charge in [0.05, 0.1) is 32.0 Å². The van der Waals surface area contributed by atoms with Gasteiger partial charge in [-0.15, -0.1) is 0 Å². The molecule has 0 spiro atoms. The van der Waals surface area contributed by atoms with Crippen LogP contribution in [0.2, 0.25) is 0 Å². The van der Waals surface area contributed by atoms with Gasteiger partial charge in [0.25, 0.3) is 11.1 Å². The van der Waals surface area contributed by atoms with Gasteiger partial charge in [0.15, 0.2) is 53.5 Å². The number of ether oxygens (including phenoxy) is 2. The van der Waals surface area contributed by atoms with Crippen molar-refractivity contribution in [3.63, 3.8) is 0 Å². The van der Waals surface area contributed by atoms with Gasteiger partial charge >= 0.3 is 0 Å². The summed E-state index contributed by atoms with van der Waals surface area (Å²) < 4.78 is 16.7. The van der Waals surface area contributed by atoms with Gasteiger partial charge in [-0.1, -0.05) is 22.3 Å². The molecule has 314 valence electrons. The molecule has 0 amide bonds. The van der Waals surface area contributed by atoms with Crippen LogP contribution in [0.3, 0.4) is 0 Å². The SMILES string of the molecule is C.C.C.C[C@H]1O[C@H](CO)C(O)[C@@H]1O.O=c1c2[nH]cnc2nc2n1C(O)C(O)N2.O=c1c2ncn([C@@H]3O[C@H](CO)C(O)[C@@H]3O)c2nc2n1C(O)C(O)N2.P=NP.[U]. The molecule has 4 aromatic rings. The van der Waals surface area contributed by atoms with Crippen LogP contribution in [0, 0.1) is 31.1 Å². The van der Waals surface area contributed by atoms with E-state index in [4.69, 9.17) is 29.9 Å². The topological polar surface area (TPSA) is 373 Å². The van der Waals surface area contributed by atoms with Gasteiger partial charge in [-0.2, -0.15) is 9.97 Å². The number of aliphatic hydroxyl groups excluding tert-OH is 10. The first-order valence-electron chi connectivity index (χ1n) is 15.2. The van der Waals surface area contributed by atoms with Crippen LogP contribution in [0.15, 0.2) is 26.8 Å². The van der Waals surface area contributed by atoms with Crippen LogP contribution in [0.1, 0.15) is 47.9 Å². The van der Waals surface area contributed by atoms with Crippen molar-refractivity contribution in [2.45, 2.75) is 103 Å².